The molecule has 0 aromatic heterocycles. The second kappa shape index (κ2) is 3.91. The number of phenols is 2. The minimum absolute atomic E-state index is 0.171. The van der Waals surface area contributed by atoms with Gasteiger partial charge in [0.25, 0.3) is 0 Å². The molecule has 4 nitrogen and oxygen atoms in total. The maximum atomic E-state index is 9.10. The summed E-state index contributed by atoms with van der Waals surface area (Å²) in [5.74, 6) is -0.387. The fourth-order valence-corrected chi connectivity index (χ4v) is 0.981. The van der Waals surface area contributed by atoms with Crippen molar-refractivity contribution < 1.29 is 15.3 Å². The molecule has 1 aromatic carbocycles. The Morgan fingerprint density at radius 1 is 1.23 bits per heavy atom. The number of nitrogens with one attached hydrogen (secondary N) is 1. The Hall–Kier alpha value is -1.55. The average Bonchev–Trinajstić information content (AvgIpc) is 2.11. The van der Waals surface area contributed by atoms with E-state index >= 15 is 0 Å². The normalized spacial score (nSPS) is 9.92. The Balaban J connectivity index is 2.79. The molecule has 70 valence electrons. The van der Waals surface area contributed by atoms with Crippen molar-refractivity contribution in [3.63, 3.8) is 0 Å². The lowest BCUT2D eigenvalue weighted by Crippen LogP contribution is -2.05. The van der Waals surface area contributed by atoms with Crippen LogP contribution >= 0.6 is 0 Å². The molecule has 1 rings (SSSR count). The van der Waals surface area contributed by atoms with E-state index in [1.807, 2.05) is 0 Å². The first kappa shape index (κ1) is 9.54. The second-order valence-electron chi connectivity index (χ2n) is 2.76. The zero-order valence-corrected chi connectivity index (χ0v) is 6.99. The zero-order valence-electron chi connectivity index (χ0n) is 6.99. The van der Waals surface area contributed by atoms with Gasteiger partial charge >= 0.3 is 0 Å². The molecule has 13 heavy (non-hydrogen) atoms. The van der Waals surface area contributed by atoms with Crippen LogP contribution in [-0.2, 0) is 6.42 Å². The predicted molar refractivity (Wildman–Crippen MR) is 48.3 cm³/mol. The molecule has 0 unspecified atom stereocenters. The minimum atomic E-state index is -0.290. The summed E-state index contributed by atoms with van der Waals surface area (Å²) in [6, 6.07) is 4.33. The van der Waals surface area contributed by atoms with Gasteiger partial charge < -0.3 is 20.7 Å². The highest BCUT2D eigenvalue weighted by molar-refractivity contribution is 5.84. The Kier molecular flexibility index (Phi) is 2.87. The first-order chi connectivity index (χ1) is 6.13. The fourth-order valence-electron chi connectivity index (χ4n) is 0.981. The molecular formula is C9H11NO3. The summed E-state index contributed by atoms with van der Waals surface area (Å²) in [5, 5.41) is 33.9. The van der Waals surface area contributed by atoms with Gasteiger partial charge in [-0.2, -0.15) is 0 Å². The molecule has 0 heterocycles. The molecule has 0 aliphatic heterocycles. The van der Waals surface area contributed by atoms with Crippen LogP contribution < -0.4 is 0 Å². The smallest absolute Gasteiger partial charge is 0.157 e. The molecule has 4 heteroatoms. The molecule has 0 spiro atoms. The first-order valence-corrected chi connectivity index (χ1v) is 3.81. The van der Waals surface area contributed by atoms with E-state index in [1.54, 1.807) is 6.07 Å². The lowest BCUT2D eigenvalue weighted by Gasteiger charge is -2.02. The minimum Gasteiger partial charge on any atom is -0.504 e. The number of aliphatic hydroxyl groups excluding tert-OH is 1. The predicted octanol–water partition coefficient (Wildman–Crippen LogP) is 0.652. The summed E-state index contributed by atoms with van der Waals surface area (Å²) >= 11 is 0. The Morgan fingerprint density at radius 3 is 2.46 bits per heavy atom. The number of hydrogen-bond acceptors (Lipinski definition) is 4. The average molecular weight is 181 g/mol. The lowest BCUT2D eigenvalue weighted by molar-refractivity contribution is 0.354. The largest absolute Gasteiger partial charge is 0.504 e. The summed E-state index contributed by atoms with van der Waals surface area (Å²) in [7, 11) is 0. The van der Waals surface area contributed by atoms with Gasteiger partial charge in [-0.25, -0.2) is 0 Å². The molecule has 4 N–H and O–H groups in total. The van der Waals surface area contributed by atoms with E-state index in [0.29, 0.717) is 5.56 Å². The van der Waals surface area contributed by atoms with Crippen molar-refractivity contribution in [3.8, 4) is 11.5 Å². The molecule has 0 aliphatic carbocycles. The molecule has 1 aromatic rings. The number of aromatic hydroxyl groups is 2. The van der Waals surface area contributed by atoms with Crippen LogP contribution in [0.15, 0.2) is 18.2 Å². The van der Waals surface area contributed by atoms with E-state index in [1.165, 1.54) is 12.1 Å². The zero-order chi connectivity index (χ0) is 9.84. The summed E-state index contributed by atoms with van der Waals surface area (Å²) in [4.78, 5) is 0. The van der Waals surface area contributed by atoms with Crippen LogP contribution in [-0.4, -0.2) is 27.6 Å². The molecule has 0 amide bonds. The summed E-state index contributed by atoms with van der Waals surface area (Å²) < 4.78 is 0. The molecule has 0 fully saturated rings. The quantitative estimate of drug-likeness (QED) is 0.408. The molecule has 0 radical (unpaired) electrons. The van der Waals surface area contributed by atoms with Crippen molar-refractivity contribution >= 4 is 5.71 Å². The van der Waals surface area contributed by atoms with Gasteiger partial charge in [-0.1, -0.05) is 6.07 Å². The van der Waals surface area contributed by atoms with Gasteiger partial charge in [0.15, 0.2) is 11.5 Å². The van der Waals surface area contributed by atoms with Crippen molar-refractivity contribution in [2.24, 2.45) is 0 Å². The lowest BCUT2D eigenvalue weighted by atomic mass is 10.1. The number of hydrogen-bond donors (Lipinski definition) is 4. The van der Waals surface area contributed by atoms with Gasteiger partial charge in [0.2, 0.25) is 0 Å². The number of phenolic OH excluding ortho intramolecular Hbond substituents is 2. The molecule has 0 atom stereocenters. The molecule has 0 saturated carbocycles. The topological polar surface area (TPSA) is 84.5 Å². The maximum Gasteiger partial charge on any atom is 0.157 e. The standard InChI is InChI=1S/C9H11NO3/c10-7(5-11)3-6-1-2-8(12)9(13)4-6/h1-2,4,10-13H,3,5H2. The second-order valence-corrected chi connectivity index (χ2v) is 2.76. The van der Waals surface area contributed by atoms with Crippen molar-refractivity contribution in [1.29, 1.82) is 5.41 Å². The summed E-state index contributed by atoms with van der Waals surface area (Å²) in [6.45, 7) is -0.290. The fraction of sp³-hybridized carbons (Fsp3) is 0.222. The SMILES string of the molecule is N=C(CO)Cc1ccc(O)c(O)c1. The Bertz CT molecular complexity index is 323. The van der Waals surface area contributed by atoms with Crippen LogP contribution in [0.4, 0.5) is 0 Å². The van der Waals surface area contributed by atoms with E-state index < -0.39 is 0 Å². The van der Waals surface area contributed by atoms with Gasteiger partial charge in [0.05, 0.1) is 6.61 Å². The van der Waals surface area contributed by atoms with Gasteiger partial charge in [-0.3, -0.25) is 0 Å². The van der Waals surface area contributed by atoms with E-state index in [0.717, 1.165) is 0 Å². The van der Waals surface area contributed by atoms with Crippen molar-refractivity contribution in [3.05, 3.63) is 23.8 Å². The molecule has 0 bridgehead atoms. The van der Waals surface area contributed by atoms with Crippen molar-refractivity contribution in [2.75, 3.05) is 6.61 Å². The first-order valence-electron chi connectivity index (χ1n) is 3.81. The van der Waals surface area contributed by atoms with Gasteiger partial charge in [0.1, 0.15) is 0 Å². The number of rotatable bonds is 3. The van der Waals surface area contributed by atoms with Crippen LogP contribution in [0, 0.1) is 5.41 Å². The maximum absolute atomic E-state index is 9.10. The highest BCUT2D eigenvalue weighted by Crippen LogP contribution is 2.24. The van der Waals surface area contributed by atoms with E-state index in [4.69, 9.17) is 20.7 Å². The van der Waals surface area contributed by atoms with E-state index in [9.17, 15) is 0 Å². The monoisotopic (exact) mass is 181 g/mol. The molecule has 0 saturated heterocycles. The molecule has 0 aliphatic rings. The number of aliphatic hydroxyl groups is 1. The third-order valence-electron chi connectivity index (χ3n) is 1.65. The van der Waals surface area contributed by atoms with Crippen LogP contribution in [0.1, 0.15) is 5.56 Å². The van der Waals surface area contributed by atoms with Gasteiger partial charge in [-0.05, 0) is 17.7 Å². The third kappa shape index (κ3) is 2.45. The van der Waals surface area contributed by atoms with Crippen LogP contribution in [0.5, 0.6) is 11.5 Å². The van der Waals surface area contributed by atoms with Gasteiger partial charge in [-0.15, -0.1) is 0 Å². The van der Waals surface area contributed by atoms with E-state index in [-0.39, 0.29) is 30.2 Å². The summed E-state index contributed by atoms with van der Waals surface area (Å²) in [5.41, 5.74) is 0.861. The molecular weight excluding hydrogens is 170 g/mol. The highest BCUT2D eigenvalue weighted by Gasteiger charge is 2.02. The van der Waals surface area contributed by atoms with Crippen molar-refractivity contribution in [2.45, 2.75) is 6.42 Å². The van der Waals surface area contributed by atoms with Crippen LogP contribution in [0.25, 0.3) is 0 Å². The highest BCUT2D eigenvalue weighted by atomic mass is 16.3. The van der Waals surface area contributed by atoms with Gasteiger partial charge in [0, 0.05) is 12.1 Å². The third-order valence-corrected chi connectivity index (χ3v) is 1.65. The van der Waals surface area contributed by atoms with E-state index in [2.05, 4.69) is 0 Å². The Morgan fingerprint density at radius 2 is 1.92 bits per heavy atom. The number of benzene rings is 1. The Labute approximate surface area is 75.6 Å². The van der Waals surface area contributed by atoms with Crippen LogP contribution in [0.2, 0.25) is 0 Å². The van der Waals surface area contributed by atoms with Crippen LogP contribution in [0.3, 0.4) is 0 Å². The van der Waals surface area contributed by atoms with Crippen molar-refractivity contribution in [1.82, 2.24) is 0 Å². The summed E-state index contributed by atoms with van der Waals surface area (Å²) in [6.07, 6.45) is 0.282.